The normalized spacial score (nSPS) is 12.4. The van der Waals surface area contributed by atoms with Crippen LogP contribution in [0, 0.1) is 13.8 Å². The number of hydrogen-bond acceptors (Lipinski definition) is 3. The molecule has 0 saturated heterocycles. The number of aromatic nitrogens is 1. The molecule has 1 amide bonds. The van der Waals surface area contributed by atoms with Crippen molar-refractivity contribution >= 4 is 45.1 Å². The van der Waals surface area contributed by atoms with Crippen LogP contribution in [0.2, 0.25) is 5.02 Å². The van der Waals surface area contributed by atoms with Crippen LogP contribution < -0.4 is 4.80 Å². The van der Waals surface area contributed by atoms with Crippen molar-refractivity contribution < 1.29 is 9.53 Å². The SMILES string of the molecule is COCCn1c(=NC(=O)/C=C/c2ccccc2Cl)sc2cc(C)c(C)cc21. The highest BCUT2D eigenvalue weighted by Crippen LogP contribution is 2.22. The van der Waals surface area contributed by atoms with E-state index >= 15 is 0 Å². The quantitative estimate of drug-likeness (QED) is 0.579. The number of carbonyl (C=O) groups is 1. The van der Waals surface area contributed by atoms with Gasteiger partial charge in [0.15, 0.2) is 4.80 Å². The lowest BCUT2D eigenvalue weighted by atomic mass is 10.1. The number of fused-ring (bicyclic) bond motifs is 1. The summed E-state index contributed by atoms with van der Waals surface area (Å²) < 4.78 is 8.37. The van der Waals surface area contributed by atoms with Crippen molar-refractivity contribution in [2.24, 2.45) is 4.99 Å². The summed E-state index contributed by atoms with van der Waals surface area (Å²) in [7, 11) is 1.67. The molecule has 0 aliphatic carbocycles. The van der Waals surface area contributed by atoms with E-state index in [2.05, 4.69) is 31.0 Å². The molecule has 2 aromatic carbocycles. The summed E-state index contributed by atoms with van der Waals surface area (Å²) in [6, 6.07) is 11.7. The van der Waals surface area contributed by atoms with E-state index in [1.807, 2.05) is 22.8 Å². The van der Waals surface area contributed by atoms with E-state index in [0.29, 0.717) is 23.0 Å². The second-order valence-corrected chi connectivity index (χ2v) is 7.65. The van der Waals surface area contributed by atoms with Crippen LogP contribution in [0.5, 0.6) is 0 Å². The fraction of sp³-hybridized carbons (Fsp3) is 0.238. The number of methoxy groups -OCH3 is 1. The number of rotatable bonds is 5. The first-order valence-electron chi connectivity index (χ1n) is 8.60. The van der Waals surface area contributed by atoms with Gasteiger partial charge in [-0.25, -0.2) is 0 Å². The first-order chi connectivity index (χ1) is 13.0. The van der Waals surface area contributed by atoms with Crippen molar-refractivity contribution in [3.05, 3.63) is 69.0 Å². The van der Waals surface area contributed by atoms with Gasteiger partial charge in [0.25, 0.3) is 5.91 Å². The predicted molar refractivity (Wildman–Crippen MR) is 112 cm³/mol. The van der Waals surface area contributed by atoms with Crippen LogP contribution >= 0.6 is 22.9 Å². The molecule has 0 unspecified atom stereocenters. The summed E-state index contributed by atoms with van der Waals surface area (Å²) in [4.78, 5) is 17.4. The van der Waals surface area contributed by atoms with Crippen LogP contribution in [-0.2, 0) is 16.1 Å². The number of ether oxygens (including phenoxy) is 1. The molecular formula is C21H21ClN2O2S. The Balaban J connectivity index is 2.01. The Labute approximate surface area is 167 Å². The summed E-state index contributed by atoms with van der Waals surface area (Å²) in [6.07, 6.45) is 3.14. The minimum absolute atomic E-state index is 0.318. The van der Waals surface area contributed by atoms with E-state index in [4.69, 9.17) is 16.3 Å². The molecule has 0 fully saturated rings. The van der Waals surface area contributed by atoms with Crippen molar-refractivity contribution in [3.8, 4) is 0 Å². The Morgan fingerprint density at radius 3 is 2.74 bits per heavy atom. The van der Waals surface area contributed by atoms with Gasteiger partial charge in [-0.3, -0.25) is 4.79 Å². The van der Waals surface area contributed by atoms with E-state index in [-0.39, 0.29) is 5.91 Å². The summed E-state index contributed by atoms with van der Waals surface area (Å²) in [5, 5.41) is 0.601. The van der Waals surface area contributed by atoms with Crippen LogP contribution in [0.3, 0.4) is 0 Å². The lowest BCUT2D eigenvalue weighted by molar-refractivity contribution is -0.113. The molecule has 0 N–H and O–H groups in total. The molecule has 0 atom stereocenters. The van der Waals surface area contributed by atoms with Gasteiger partial charge in [0.05, 0.1) is 16.8 Å². The maximum absolute atomic E-state index is 12.4. The number of carbonyl (C=O) groups excluding carboxylic acids is 1. The second kappa shape index (κ2) is 8.65. The van der Waals surface area contributed by atoms with E-state index in [1.54, 1.807) is 19.3 Å². The van der Waals surface area contributed by atoms with Gasteiger partial charge in [0.1, 0.15) is 0 Å². The van der Waals surface area contributed by atoms with Gasteiger partial charge in [0, 0.05) is 24.8 Å². The highest BCUT2D eigenvalue weighted by Gasteiger charge is 2.09. The number of hydrogen-bond donors (Lipinski definition) is 0. The summed E-state index contributed by atoms with van der Waals surface area (Å²) in [6.45, 7) is 5.36. The molecule has 6 heteroatoms. The number of halogens is 1. The van der Waals surface area contributed by atoms with Crippen LogP contribution in [0.25, 0.3) is 16.3 Å². The molecule has 0 saturated carbocycles. The molecule has 4 nitrogen and oxygen atoms in total. The van der Waals surface area contributed by atoms with E-state index in [9.17, 15) is 4.79 Å². The maximum Gasteiger partial charge on any atom is 0.272 e. The number of benzene rings is 2. The zero-order valence-electron chi connectivity index (χ0n) is 15.5. The van der Waals surface area contributed by atoms with Crippen molar-refractivity contribution in [2.45, 2.75) is 20.4 Å². The molecule has 0 radical (unpaired) electrons. The molecule has 0 spiro atoms. The Morgan fingerprint density at radius 2 is 2.00 bits per heavy atom. The van der Waals surface area contributed by atoms with Crippen molar-refractivity contribution in [1.82, 2.24) is 4.57 Å². The molecule has 1 heterocycles. The van der Waals surface area contributed by atoms with Crippen LogP contribution in [-0.4, -0.2) is 24.2 Å². The monoisotopic (exact) mass is 400 g/mol. The first-order valence-corrected chi connectivity index (χ1v) is 9.80. The average molecular weight is 401 g/mol. The molecule has 27 heavy (non-hydrogen) atoms. The minimum Gasteiger partial charge on any atom is -0.383 e. The molecule has 0 aliphatic rings. The lowest BCUT2D eigenvalue weighted by Crippen LogP contribution is -2.19. The van der Waals surface area contributed by atoms with Gasteiger partial charge in [-0.05, 0) is 54.8 Å². The van der Waals surface area contributed by atoms with Crippen LogP contribution in [0.4, 0.5) is 0 Å². The molecule has 3 rings (SSSR count). The Bertz CT molecular complexity index is 1080. The topological polar surface area (TPSA) is 43.6 Å². The molecule has 1 aromatic heterocycles. The van der Waals surface area contributed by atoms with Crippen LogP contribution in [0.15, 0.2) is 47.5 Å². The average Bonchev–Trinajstić information content (AvgIpc) is 2.95. The molecular weight excluding hydrogens is 380 g/mol. The van der Waals surface area contributed by atoms with Crippen LogP contribution in [0.1, 0.15) is 16.7 Å². The number of nitrogens with zero attached hydrogens (tertiary/aromatic N) is 2. The third-order valence-corrected chi connectivity index (χ3v) is 5.72. The van der Waals surface area contributed by atoms with Crippen molar-refractivity contribution in [1.29, 1.82) is 0 Å². The first kappa shape index (κ1) is 19.5. The number of thiazole rings is 1. The fourth-order valence-corrected chi connectivity index (χ4v) is 4.05. The molecule has 3 aromatic rings. The van der Waals surface area contributed by atoms with Gasteiger partial charge in [-0.1, -0.05) is 41.1 Å². The molecule has 0 bridgehead atoms. The van der Waals surface area contributed by atoms with Gasteiger partial charge in [0.2, 0.25) is 0 Å². The largest absolute Gasteiger partial charge is 0.383 e. The Morgan fingerprint density at radius 1 is 1.26 bits per heavy atom. The lowest BCUT2D eigenvalue weighted by Gasteiger charge is -2.06. The third-order valence-electron chi connectivity index (χ3n) is 4.33. The Hall–Kier alpha value is -2.21. The van der Waals surface area contributed by atoms with E-state index in [0.717, 1.165) is 15.8 Å². The number of aryl methyl sites for hydroxylation is 2. The van der Waals surface area contributed by atoms with Crippen molar-refractivity contribution in [2.75, 3.05) is 13.7 Å². The third kappa shape index (κ3) is 4.56. The van der Waals surface area contributed by atoms with E-state index < -0.39 is 0 Å². The highest BCUT2D eigenvalue weighted by atomic mass is 35.5. The summed E-state index contributed by atoms with van der Waals surface area (Å²) in [5.74, 6) is -0.318. The maximum atomic E-state index is 12.4. The summed E-state index contributed by atoms with van der Waals surface area (Å²) in [5.41, 5.74) is 4.29. The van der Waals surface area contributed by atoms with Gasteiger partial charge < -0.3 is 9.30 Å². The molecule has 140 valence electrons. The van der Waals surface area contributed by atoms with E-state index in [1.165, 1.54) is 28.5 Å². The van der Waals surface area contributed by atoms with Gasteiger partial charge >= 0.3 is 0 Å². The zero-order valence-corrected chi connectivity index (χ0v) is 17.1. The van der Waals surface area contributed by atoms with Gasteiger partial charge in [-0.15, -0.1) is 0 Å². The second-order valence-electron chi connectivity index (χ2n) is 6.24. The zero-order chi connectivity index (χ0) is 19.4. The fourth-order valence-electron chi connectivity index (χ4n) is 2.71. The smallest absolute Gasteiger partial charge is 0.272 e. The highest BCUT2D eigenvalue weighted by molar-refractivity contribution is 7.16. The Kier molecular flexibility index (Phi) is 6.26. The molecule has 0 aliphatic heterocycles. The standard InChI is InChI=1S/C21H21ClN2O2S/c1-14-12-18-19(13-15(14)2)27-21(24(18)10-11-26-3)23-20(25)9-8-16-6-4-5-7-17(16)22/h4-9,12-13H,10-11H2,1-3H3/b9-8+,23-21?. The minimum atomic E-state index is -0.318. The van der Waals surface area contributed by atoms with Gasteiger partial charge in [-0.2, -0.15) is 4.99 Å². The van der Waals surface area contributed by atoms with Crippen molar-refractivity contribution in [3.63, 3.8) is 0 Å². The summed E-state index contributed by atoms with van der Waals surface area (Å²) >= 11 is 7.63. The number of amides is 1. The predicted octanol–water partition coefficient (Wildman–Crippen LogP) is 4.76.